The minimum absolute atomic E-state index is 0.0577. The standard InChI is InChI=1S/C23H30FN5O3S/c24-20-6-8-21(9-7-20)33(31,32)29-14-4-13-28(15-16-29)23(30)26-18-19-5-10-22(25-17-19)27-11-2-1-3-12-27/h5-10,17H,1-4,11-16,18H2,(H,26,30). The van der Waals surface area contributed by atoms with Crippen LogP contribution >= 0.6 is 0 Å². The summed E-state index contributed by atoms with van der Waals surface area (Å²) in [4.78, 5) is 21.2. The molecule has 0 radical (unpaired) electrons. The lowest BCUT2D eigenvalue weighted by atomic mass is 10.1. The van der Waals surface area contributed by atoms with Gasteiger partial charge < -0.3 is 15.1 Å². The normalized spacial score (nSPS) is 18.1. The molecule has 0 bridgehead atoms. The van der Waals surface area contributed by atoms with E-state index < -0.39 is 15.8 Å². The Kier molecular flexibility index (Phi) is 7.44. The summed E-state index contributed by atoms with van der Waals surface area (Å²) >= 11 is 0. The molecule has 1 aromatic heterocycles. The molecule has 2 aliphatic heterocycles. The molecule has 4 rings (SSSR count). The summed E-state index contributed by atoms with van der Waals surface area (Å²) in [5.41, 5.74) is 0.916. The van der Waals surface area contributed by atoms with Crippen molar-refractivity contribution in [1.29, 1.82) is 0 Å². The average molecular weight is 476 g/mol. The number of aromatic nitrogens is 1. The summed E-state index contributed by atoms with van der Waals surface area (Å²) in [5.74, 6) is 0.490. The summed E-state index contributed by atoms with van der Waals surface area (Å²) in [5, 5.41) is 2.91. The molecular weight excluding hydrogens is 445 g/mol. The van der Waals surface area contributed by atoms with Crippen molar-refractivity contribution < 1.29 is 17.6 Å². The second-order valence-electron chi connectivity index (χ2n) is 8.43. The predicted molar refractivity (Wildman–Crippen MR) is 124 cm³/mol. The molecule has 178 valence electrons. The lowest BCUT2D eigenvalue weighted by Crippen LogP contribution is -2.42. The highest BCUT2D eigenvalue weighted by Gasteiger charge is 2.28. The number of hydrogen-bond acceptors (Lipinski definition) is 5. The van der Waals surface area contributed by atoms with E-state index in [0.717, 1.165) is 36.6 Å². The SMILES string of the molecule is O=C(NCc1ccc(N2CCCCC2)nc1)N1CCCN(S(=O)(=O)c2ccc(F)cc2)CC1. The summed E-state index contributed by atoms with van der Waals surface area (Å²) in [6, 6.07) is 8.57. The van der Waals surface area contributed by atoms with Crippen LogP contribution in [-0.2, 0) is 16.6 Å². The molecule has 10 heteroatoms. The molecular formula is C23H30FN5O3S. The molecule has 2 fully saturated rings. The number of anilines is 1. The third-order valence-electron chi connectivity index (χ3n) is 6.13. The van der Waals surface area contributed by atoms with E-state index in [1.54, 1.807) is 11.1 Å². The lowest BCUT2D eigenvalue weighted by molar-refractivity contribution is 0.200. The number of sulfonamides is 1. The zero-order valence-electron chi connectivity index (χ0n) is 18.6. The van der Waals surface area contributed by atoms with Crippen LogP contribution in [0.4, 0.5) is 15.0 Å². The minimum Gasteiger partial charge on any atom is -0.357 e. The van der Waals surface area contributed by atoms with Crippen molar-refractivity contribution in [3.05, 3.63) is 54.0 Å². The van der Waals surface area contributed by atoms with Crippen LogP contribution in [0.5, 0.6) is 0 Å². The Morgan fingerprint density at radius 2 is 1.67 bits per heavy atom. The fraction of sp³-hybridized carbons (Fsp3) is 0.478. The Balaban J connectivity index is 1.29. The smallest absolute Gasteiger partial charge is 0.317 e. The van der Waals surface area contributed by atoms with Gasteiger partial charge in [0.05, 0.1) is 4.90 Å². The van der Waals surface area contributed by atoms with Gasteiger partial charge in [-0.05, 0) is 61.6 Å². The van der Waals surface area contributed by atoms with Crippen LogP contribution < -0.4 is 10.2 Å². The molecule has 1 aromatic carbocycles. The maximum Gasteiger partial charge on any atom is 0.317 e. The number of pyridine rings is 1. The molecule has 33 heavy (non-hydrogen) atoms. The molecule has 3 heterocycles. The van der Waals surface area contributed by atoms with Gasteiger partial charge in [-0.2, -0.15) is 4.31 Å². The van der Waals surface area contributed by atoms with Gasteiger partial charge >= 0.3 is 6.03 Å². The first-order valence-electron chi connectivity index (χ1n) is 11.4. The van der Waals surface area contributed by atoms with Crippen LogP contribution in [0.1, 0.15) is 31.2 Å². The van der Waals surface area contributed by atoms with Crippen molar-refractivity contribution in [2.75, 3.05) is 44.2 Å². The van der Waals surface area contributed by atoms with Gasteiger partial charge in [-0.15, -0.1) is 0 Å². The Labute approximate surface area is 194 Å². The summed E-state index contributed by atoms with van der Waals surface area (Å²) in [7, 11) is -3.72. The van der Waals surface area contributed by atoms with Crippen molar-refractivity contribution in [2.45, 2.75) is 37.1 Å². The zero-order valence-corrected chi connectivity index (χ0v) is 19.4. The number of rotatable bonds is 5. The number of benzene rings is 1. The summed E-state index contributed by atoms with van der Waals surface area (Å²) in [6.07, 6.45) is 5.98. The van der Waals surface area contributed by atoms with Gasteiger partial charge in [0.2, 0.25) is 10.0 Å². The van der Waals surface area contributed by atoms with Gasteiger partial charge in [0.15, 0.2) is 0 Å². The first-order chi connectivity index (χ1) is 15.9. The number of nitrogens with zero attached hydrogens (tertiary/aromatic N) is 4. The minimum atomic E-state index is -3.72. The number of carbonyl (C=O) groups is 1. The Hall–Kier alpha value is -2.72. The van der Waals surface area contributed by atoms with Gasteiger partial charge in [0.1, 0.15) is 11.6 Å². The molecule has 0 spiro atoms. The van der Waals surface area contributed by atoms with E-state index in [1.807, 2.05) is 12.1 Å². The highest BCUT2D eigenvalue weighted by atomic mass is 32.2. The fourth-order valence-electron chi connectivity index (χ4n) is 4.21. The van der Waals surface area contributed by atoms with Crippen LogP contribution in [0.15, 0.2) is 47.5 Å². The van der Waals surface area contributed by atoms with E-state index in [9.17, 15) is 17.6 Å². The molecule has 2 saturated heterocycles. The maximum atomic E-state index is 13.2. The van der Waals surface area contributed by atoms with E-state index in [1.165, 1.54) is 35.7 Å². The van der Waals surface area contributed by atoms with Gasteiger partial charge in [-0.25, -0.2) is 22.6 Å². The van der Waals surface area contributed by atoms with E-state index in [-0.39, 0.29) is 17.5 Å². The van der Waals surface area contributed by atoms with Gasteiger partial charge in [0.25, 0.3) is 0 Å². The van der Waals surface area contributed by atoms with E-state index in [4.69, 9.17) is 0 Å². The monoisotopic (exact) mass is 475 g/mol. The fourth-order valence-corrected chi connectivity index (χ4v) is 5.68. The number of hydrogen-bond donors (Lipinski definition) is 1. The van der Waals surface area contributed by atoms with E-state index >= 15 is 0 Å². The first-order valence-corrected chi connectivity index (χ1v) is 12.9. The summed E-state index contributed by atoms with van der Waals surface area (Å²) in [6.45, 7) is 3.69. The van der Waals surface area contributed by atoms with Crippen LogP contribution in [0.3, 0.4) is 0 Å². The topological polar surface area (TPSA) is 85.8 Å². The number of carbonyl (C=O) groups excluding carboxylic acids is 1. The molecule has 2 aliphatic rings. The number of amides is 2. The Morgan fingerprint density at radius 3 is 2.36 bits per heavy atom. The number of nitrogens with one attached hydrogen (secondary N) is 1. The van der Waals surface area contributed by atoms with Crippen molar-refractivity contribution in [2.24, 2.45) is 0 Å². The van der Waals surface area contributed by atoms with Crippen LogP contribution in [0.25, 0.3) is 0 Å². The van der Waals surface area contributed by atoms with Crippen molar-refractivity contribution in [1.82, 2.24) is 19.5 Å². The van der Waals surface area contributed by atoms with Crippen molar-refractivity contribution in [3.8, 4) is 0 Å². The van der Waals surface area contributed by atoms with E-state index in [0.29, 0.717) is 32.6 Å². The lowest BCUT2D eigenvalue weighted by Gasteiger charge is -2.27. The first kappa shape index (κ1) is 23.4. The average Bonchev–Trinajstić information content (AvgIpc) is 3.11. The van der Waals surface area contributed by atoms with Crippen LogP contribution in [-0.4, -0.2) is 67.9 Å². The number of piperidine rings is 1. The zero-order chi connectivity index (χ0) is 23.3. The van der Waals surface area contributed by atoms with Crippen molar-refractivity contribution in [3.63, 3.8) is 0 Å². The van der Waals surface area contributed by atoms with E-state index in [2.05, 4.69) is 15.2 Å². The number of halogens is 1. The predicted octanol–water partition coefficient (Wildman–Crippen LogP) is 2.82. The summed E-state index contributed by atoms with van der Waals surface area (Å²) < 4.78 is 40.2. The highest BCUT2D eigenvalue weighted by Crippen LogP contribution is 2.19. The van der Waals surface area contributed by atoms with Gasteiger partial charge in [-0.3, -0.25) is 0 Å². The second-order valence-corrected chi connectivity index (χ2v) is 10.4. The number of urea groups is 1. The third kappa shape index (κ3) is 5.80. The van der Waals surface area contributed by atoms with Gasteiger partial charge in [0, 0.05) is 52.0 Å². The largest absolute Gasteiger partial charge is 0.357 e. The maximum absolute atomic E-state index is 13.2. The molecule has 0 saturated carbocycles. The Bertz CT molecular complexity index is 1040. The molecule has 0 aliphatic carbocycles. The molecule has 1 N–H and O–H groups in total. The molecule has 0 atom stereocenters. The molecule has 8 nitrogen and oxygen atoms in total. The van der Waals surface area contributed by atoms with Crippen molar-refractivity contribution >= 4 is 21.9 Å². The van der Waals surface area contributed by atoms with Crippen LogP contribution in [0.2, 0.25) is 0 Å². The molecule has 2 aromatic rings. The Morgan fingerprint density at radius 1 is 0.909 bits per heavy atom. The quantitative estimate of drug-likeness (QED) is 0.719. The van der Waals surface area contributed by atoms with Gasteiger partial charge in [-0.1, -0.05) is 6.07 Å². The third-order valence-corrected chi connectivity index (χ3v) is 8.04. The highest BCUT2D eigenvalue weighted by molar-refractivity contribution is 7.89. The second kappa shape index (κ2) is 10.5. The molecule has 0 unspecified atom stereocenters. The molecule has 2 amide bonds. The van der Waals surface area contributed by atoms with Crippen LogP contribution in [0, 0.1) is 5.82 Å².